The van der Waals surface area contributed by atoms with Gasteiger partial charge < -0.3 is 14.6 Å². The van der Waals surface area contributed by atoms with Gasteiger partial charge in [0.2, 0.25) is 0 Å². The summed E-state index contributed by atoms with van der Waals surface area (Å²) in [5.41, 5.74) is 2.43. The molecule has 0 saturated carbocycles. The van der Waals surface area contributed by atoms with Crippen LogP contribution in [0.2, 0.25) is 0 Å². The molecule has 0 bridgehead atoms. The van der Waals surface area contributed by atoms with Crippen LogP contribution in [0.3, 0.4) is 0 Å². The Morgan fingerprint density at radius 1 is 0.944 bits per heavy atom. The van der Waals surface area contributed by atoms with Crippen LogP contribution in [0.1, 0.15) is 38.8 Å². The van der Waals surface area contributed by atoms with E-state index in [-0.39, 0.29) is 23.3 Å². The summed E-state index contributed by atoms with van der Waals surface area (Å²) in [6.07, 6.45) is 0.886. The normalized spacial score (nSPS) is 15.0. The van der Waals surface area contributed by atoms with E-state index in [1.165, 1.54) is 23.8 Å². The molecule has 0 spiro atoms. The van der Waals surface area contributed by atoms with E-state index in [0.717, 1.165) is 6.42 Å². The number of hydrogen-bond donors (Lipinski definition) is 1. The highest BCUT2D eigenvalue weighted by Crippen LogP contribution is 2.30. The van der Waals surface area contributed by atoms with Crippen LogP contribution in [0.4, 0.5) is 11.4 Å². The number of nitrogens with one attached hydrogen (secondary N) is 1. The highest BCUT2D eigenvalue weighted by Gasteiger charge is 2.29. The maximum Gasteiger partial charge on any atom is 0.291 e. The minimum absolute atomic E-state index is 0.0315. The zero-order chi connectivity index (χ0) is 25.1. The van der Waals surface area contributed by atoms with Gasteiger partial charge in [-0.1, -0.05) is 54.6 Å². The molecule has 1 N–H and O–H groups in total. The number of rotatable bonds is 6. The summed E-state index contributed by atoms with van der Waals surface area (Å²) >= 11 is 0. The molecule has 5 rings (SSSR count). The van der Waals surface area contributed by atoms with E-state index in [9.17, 15) is 19.7 Å². The number of furan rings is 1. The topological polar surface area (TPSA) is 106 Å². The van der Waals surface area contributed by atoms with Crippen LogP contribution in [0.15, 0.2) is 95.4 Å². The average Bonchev–Trinajstić information content (AvgIpc) is 3.60. The minimum atomic E-state index is -0.518. The fraction of sp³-hybridized carbons (Fsp3) is 0.143. The highest BCUT2D eigenvalue weighted by molar-refractivity contribution is 6.08. The molecule has 2 heterocycles. The van der Waals surface area contributed by atoms with Gasteiger partial charge >= 0.3 is 0 Å². The van der Waals surface area contributed by atoms with Gasteiger partial charge in [-0.25, -0.2) is 0 Å². The zero-order valence-electron chi connectivity index (χ0n) is 19.3. The Morgan fingerprint density at radius 2 is 1.72 bits per heavy atom. The van der Waals surface area contributed by atoms with Crippen LogP contribution in [-0.4, -0.2) is 34.7 Å². The van der Waals surface area contributed by atoms with Crippen molar-refractivity contribution in [3.8, 4) is 11.3 Å². The summed E-state index contributed by atoms with van der Waals surface area (Å²) < 4.78 is 5.67. The predicted octanol–water partition coefficient (Wildman–Crippen LogP) is 5.74. The van der Waals surface area contributed by atoms with Crippen molar-refractivity contribution in [2.75, 3.05) is 18.4 Å². The lowest BCUT2D eigenvalue weighted by Crippen LogP contribution is -2.29. The molecule has 0 radical (unpaired) electrons. The molecule has 1 aromatic heterocycles. The van der Waals surface area contributed by atoms with Gasteiger partial charge in [-0.05, 0) is 36.2 Å². The Hall–Kier alpha value is -4.72. The van der Waals surface area contributed by atoms with E-state index in [1.54, 1.807) is 42.5 Å². The van der Waals surface area contributed by atoms with Crippen molar-refractivity contribution >= 4 is 23.2 Å². The SMILES string of the molecule is O=C(Nc1ccccc1C(=O)N1CCC(c2ccccc2)C1)c1ccc(-c2cccc([N+](=O)[O-])c2)o1. The molecule has 1 fully saturated rings. The molecular formula is C28H23N3O5. The summed E-state index contributed by atoms with van der Waals surface area (Å²) in [6, 6.07) is 26.1. The van der Waals surface area contributed by atoms with E-state index in [4.69, 9.17) is 4.42 Å². The molecule has 1 atom stereocenters. The van der Waals surface area contributed by atoms with Gasteiger partial charge in [-0.3, -0.25) is 19.7 Å². The number of carbonyl (C=O) groups is 2. The second kappa shape index (κ2) is 9.87. The van der Waals surface area contributed by atoms with Crippen LogP contribution in [0, 0.1) is 10.1 Å². The third kappa shape index (κ3) is 4.74. The summed E-state index contributed by atoms with van der Waals surface area (Å²) in [5, 5.41) is 13.8. The number of nitrogens with zero attached hydrogens (tertiary/aromatic N) is 2. The summed E-state index contributed by atoms with van der Waals surface area (Å²) in [4.78, 5) is 38.6. The highest BCUT2D eigenvalue weighted by atomic mass is 16.6. The first-order valence-electron chi connectivity index (χ1n) is 11.6. The summed E-state index contributed by atoms with van der Waals surface area (Å²) in [7, 11) is 0. The molecular weight excluding hydrogens is 458 g/mol. The number of non-ortho nitro benzene ring substituents is 1. The van der Waals surface area contributed by atoms with E-state index < -0.39 is 10.8 Å². The molecule has 2 amide bonds. The molecule has 36 heavy (non-hydrogen) atoms. The largest absolute Gasteiger partial charge is 0.451 e. The second-order valence-electron chi connectivity index (χ2n) is 8.62. The number of nitro groups is 1. The Bertz CT molecular complexity index is 1430. The number of carbonyl (C=O) groups excluding carboxylic acids is 2. The Morgan fingerprint density at radius 3 is 2.53 bits per heavy atom. The number of benzene rings is 3. The zero-order valence-corrected chi connectivity index (χ0v) is 19.3. The minimum Gasteiger partial charge on any atom is -0.451 e. The Balaban J connectivity index is 1.31. The standard InChI is InChI=1S/C28H23N3O5/c32-27(26-14-13-25(36-26)20-9-6-10-22(17-20)31(34)35)29-24-12-5-4-11-23(24)28(33)30-16-15-21(18-30)19-7-2-1-3-8-19/h1-14,17,21H,15-16,18H2,(H,29,32). The first-order chi connectivity index (χ1) is 17.5. The molecule has 1 saturated heterocycles. The van der Waals surface area contributed by atoms with Gasteiger partial charge in [-0.15, -0.1) is 0 Å². The number of hydrogen-bond acceptors (Lipinski definition) is 5. The lowest BCUT2D eigenvalue weighted by molar-refractivity contribution is -0.384. The van der Waals surface area contributed by atoms with Crippen LogP contribution in [0.25, 0.3) is 11.3 Å². The van der Waals surface area contributed by atoms with Crippen molar-refractivity contribution in [3.05, 3.63) is 118 Å². The maximum absolute atomic E-state index is 13.3. The van der Waals surface area contributed by atoms with Crippen LogP contribution in [-0.2, 0) is 0 Å². The van der Waals surface area contributed by atoms with Crippen molar-refractivity contribution in [3.63, 3.8) is 0 Å². The van der Waals surface area contributed by atoms with Gasteiger partial charge in [0.1, 0.15) is 5.76 Å². The number of anilines is 1. The third-order valence-corrected chi connectivity index (χ3v) is 6.32. The summed E-state index contributed by atoms with van der Waals surface area (Å²) in [5.74, 6) is -0.00914. The number of nitro benzene ring substituents is 1. The summed E-state index contributed by atoms with van der Waals surface area (Å²) in [6.45, 7) is 1.27. The molecule has 8 nitrogen and oxygen atoms in total. The molecule has 8 heteroatoms. The van der Waals surface area contributed by atoms with E-state index in [0.29, 0.717) is 35.7 Å². The van der Waals surface area contributed by atoms with Gasteiger partial charge in [0.15, 0.2) is 5.76 Å². The van der Waals surface area contributed by atoms with Crippen LogP contribution < -0.4 is 5.32 Å². The van der Waals surface area contributed by atoms with Crippen LogP contribution >= 0.6 is 0 Å². The number of amides is 2. The molecule has 1 aliphatic rings. The maximum atomic E-state index is 13.3. The van der Waals surface area contributed by atoms with Crippen molar-refractivity contribution in [2.24, 2.45) is 0 Å². The van der Waals surface area contributed by atoms with Crippen molar-refractivity contribution in [1.29, 1.82) is 0 Å². The van der Waals surface area contributed by atoms with Gasteiger partial charge in [-0.2, -0.15) is 0 Å². The molecule has 180 valence electrons. The van der Waals surface area contributed by atoms with Gasteiger partial charge in [0, 0.05) is 36.7 Å². The molecule has 4 aromatic rings. The smallest absolute Gasteiger partial charge is 0.291 e. The van der Waals surface area contributed by atoms with Gasteiger partial charge in [0.25, 0.3) is 17.5 Å². The van der Waals surface area contributed by atoms with E-state index >= 15 is 0 Å². The van der Waals surface area contributed by atoms with Crippen molar-refractivity contribution in [1.82, 2.24) is 4.90 Å². The van der Waals surface area contributed by atoms with Crippen LogP contribution in [0.5, 0.6) is 0 Å². The fourth-order valence-corrected chi connectivity index (χ4v) is 4.46. The molecule has 0 aliphatic carbocycles. The first-order valence-corrected chi connectivity index (χ1v) is 11.6. The Labute approximate surface area is 207 Å². The van der Waals surface area contributed by atoms with E-state index in [1.807, 2.05) is 23.1 Å². The predicted molar refractivity (Wildman–Crippen MR) is 135 cm³/mol. The van der Waals surface area contributed by atoms with Gasteiger partial charge in [0.05, 0.1) is 16.2 Å². The first kappa shape index (κ1) is 23.0. The van der Waals surface area contributed by atoms with Crippen molar-refractivity contribution < 1.29 is 18.9 Å². The molecule has 3 aromatic carbocycles. The molecule has 1 aliphatic heterocycles. The molecule has 1 unspecified atom stereocenters. The monoisotopic (exact) mass is 481 g/mol. The quantitative estimate of drug-likeness (QED) is 0.279. The third-order valence-electron chi connectivity index (χ3n) is 6.32. The number of para-hydroxylation sites is 1. The number of likely N-dealkylation sites (tertiary alicyclic amines) is 1. The van der Waals surface area contributed by atoms with E-state index in [2.05, 4.69) is 17.4 Å². The lowest BCUT2D eigenvalue weighted by Gasteiger charge is -2.19. The fourth-order valence-electron chi connectivity index (χ4n) is 4.46. The second-order valence-corrected chi connectivity index (χ2v) is 8.62. The average molecular weight is 482 g/mol. The lowest BCUT2D eigenvalue weighted by atomic mass is 9.99. The Kier molecular flexibility index (Phi) is 6.32. The van der Waals surface area contributed by atoms with Crippen molar-refractivity contribution in [2.45, 2.75) is 12.3 Å².